The second-order valence-electron chi connectivity index (χ2n) is 7.15. The van der Waals surface area contributed by atoms with E-state index in [1.54, 1.807) is 24.3 Å². The number of para-hydroxylation sites is 2. The van der Waals surface area contributed by atoms with Crippen LogP contribution < -0.4 is 16.4 Å². The number of nitrogen functional groups attached to an aromatic ring is 1. The summed E-state index contributed by atoms with van der Waals surface area (Å²) in [6.07, 6.45) is 5.13. The Morgan fingerprint density at radius 3 is 2.57 bits per heavy atom. The molecule has 1 heterocycles. The van der Waals surface area contributed by atoms with Crippen LogP contribution >= 0.6 is 11.6 Å². The summed E-state index contributed by atoms with van der Waals surface area (Å²) in [6, 6.07) is 16.3. The van der Waals surface area contributed by atoms with Crippen molar-refractivity contribution in [2.75, 3.05) is 24.1 Å². The maximum Gasteiger partial charge on any atom is 0.255 e. The Kier molecular flexibility index (Phi) is 7.82. The number of anilines is 2. The molecule has 0 aliphatic heterocycles. The predicted octanol–water partition coefficient (Wildman–Crippen LogP) is 5.17. The van der Waals surface area contributed by atoms with Gasteiger partial charge in [0.2, 0.25) is 0 Å². The van der Waals surface area contributed by atoms with E-state index in [0.717, 1.165) is 30.6 Å². The molecule has 4 N–H and O–H groups in total. The Morgan fingerprint density at radius 2 is 1.87 bits per heavy atom. The Bertz CT molecular complexity index is 989. The number of halogens is 1. The zero-order valence-electron chi connectivity index (χ0n) is 17.1. The van der Waals surface area contributed by atoms with Crippen LogP contribution in [-0.2, 0) is 6.42 Å². The van der Waals surface area contributed by atoms with Gasteiger partial charge in [-0.3, -0.25) is 9.78 Å². The van der Waals surface area contributed by atoms with Crippen LogP contribution in [0.2, 0.25) is 5.02 Å². The first-order valence-corrected chi connectivity index (χ1v) is 10.6. The molecule has 0 radical (unpaired) electrons. The first-order chi connectivity index (χ1) is 14.6. The van der Waals surface area contributed by atoms with Crippen LogP contribution in [0.3, 0.4) is 0 Å². The summed E-state index contributed by atoms with van der Waals surface area (Å²) in [5, 5.41) is 6.85. The van der Waals surface area contributed by atoms with Crippen molar-refractivity contribution in [1.82, 2.24) is 10.3 Å². The van der Waals surface area contributed by atoms with Crippen molar-refractivity contribution in [2.45, 2.75) is 26.2 Å². The maximum atomic E-state index is 12.5. The number of nitrogens with two attached hydrogens (primary N) is 1. The standard InChI is InChI=1S/C24H27ClN4O/c1-2-3-13-27-14-12-17-15-20(25)23(28-16-17)18-8-10-19(11-9-18)24(30)29-22-7-5-4-6-21(22)26/h4-11,15-16,27H,2-3,12-14,26H2,1H3,(H,29,30). The smallest absolute Gasteiger partial charge is 0.255 e. The predicted molar refractivity (Wildman–Crippen MR) is 125 cm³/mol. The average Bonchev–Trinajstić information content (AvgIpc) is 2.75. The number of hydrogen-bond donors (Lipinski definition) is 3. The van der Waals surface area contributed by atoms with Gasteiger partial charge >= 0.3 is 0 Å². The fraction of sp³-hybridized carbons (Fsp3) is 0.250. The third-order valence-corrected chi connectivity index (χ3v) is 5.11. The van der Waals surface area contributed by atoms with Crippen molar-refractivity contribution >= 4 is 28.9 Å². The summed E-state index contributed by atoms with van der Waals surface area (Å²) in [6.45, 7) is 4.13. The van der Waals surface area contributed by atoms with E-state index in [1.165, 1.54) is 12.8 Å². The van der Waals surface area contributed by atoms with Gasteiger partial charge in [0.25, 0.3) is 5.91 Å². The number of rotatable bonds is 9. The molecule has 0 bridgehead atoms. The number of unbranched alkanes of at least 4 members (excludes halogenated alkanes) is 1. The number of carbonyl (C=O) groups is 1. The van der Waals surface area contributed by atoms with Crippen molar-refractivity contribution in [2.24, 2.45) is 0 Å². The molecular formula is C24H27ClN4O. The monoisotopic (exact) mass is 422 g/mol. The zero-order valence-corrected chi connectivity index (χ0v) is 17.9. The molecule has 0 spiro atoms. The SMILES string of the molecule is CCCCNCCc1cnc(-c2ccc(C(=O)Nc3ccccc3N)cc2)c(Cl)c1. The Labute approximate surface area is 182 Å². The molecule has 2 aromatic carbocycles. The molecule has 0 saturated carbocycles. The van der Waals surface area contributed by atoms with Gasteiger partial charge in [-0.1, -0.05) is 49.2 Å². The van der Waals surface area contributed by atoms with Crippen LogP contribution in [0.5, 0.6) is 0 Å². The van der Waals surface area contributed by atoms with Crippen LogP contribution in [0.25, 0.3) is 11.3 Å². The van der Waals surface area contributed by atoms with Crippen LogP contribution in [0.1, 0.15) is 35.7 Å². The third kappa shape index (κ3) is 5.81. The van der Waals surface area contributed by atoms with Crippen LogP contribution in [0.4, 0.5) is 11.4 Å². The van der Waals surface area contributed by atoms with Crippen LogP contribution in [0, 0.1) is 0 Å². The number of aromatic nitrogens is 1. The minimum atomic E-state index is -0.218. The van der Waals surface area contributed by atoms with Crippen LogP contribution in [0.15, 0.2) is 60.8 Å². The lowest BCUT2D eigenvalue weighted by molar-refractivity contribution is 0.102. The molecule has 3 aromatic rings. The molecule has 1 amide bonds. The van der Waals surface area contributed by atoms with Gasteiger partial charge in [-0.05, 0) is 61.8 Å². The summed E-state index contributed by atoms with van der Waals surface area (Å²) >= 11 is 6.48. The Morgan fingerprint density at radius 1 is 1.10 bits per heavy atom. The fourth-order valence-electron chi connectivity index (χ4n) is 3.07. The lowest BCUT2D eigenvalue weighted by Crippen LogP contribution is -2.18. The largest absolute Gasteiger partial charge is 0.397 e. The van der Waals surface area contributed by atoms with Gasteiger partial charge in [-0.25, -0.2) is 0 Å². The fourth-order valence-corrected chi connectivity index (χ4v) is 3.37. The van der Waals surface area contributed by atoms with Crippen molar-refractivity contribution < 1.29 is 4.79 Å². The molecule has 0 atom stereocenters. The summed E-state index contributed by atoms with van der Waals surface area (Å²) in [4.78, 5) is 17.0. The van der Waals surface area contributed by atoms with Crippen LogP contribution in [-0.4, -0.2) is 24.0 Å². The highest BCUT2D eigenvalue weighted by Crippen LogP contribution is 2.27. The van der Waals surface area contributed by atoms with Gasteiger partial charge in [0.05, 0.1) is 22.1 Å². The van der Waals surface area contributed by atoms with Crippen molar-refractivity contribution in [3.63, 3.8) is 0 Å². The van der Waals surface area contributed by atoms with Gasteiger partial charge in [-0.15, -0.1) is 0 Å². The topological polar surface area (TPSA) is 80.0 Å². The van der Waals surface area contributed by atoms with E-state index in [2.05, 4.69) is 22.5 Å². The second kappa shape index (κ2) is 10.8. The summed E-state index contributed by atoms with van der Waals surface area (Å²) < 4.78 is 0. The minimum Gasteiger partial charge on any atom is -0.397 e. The molecule has 0 aliphatic rings. The normalized spacial score (nSPS) is 10.7. The van der Waals surface area contributed by atoms with Crippen molar-refractivity contribution in [3.05, 3.63) is 76.9 Å². The van der Waals surface area contributed by atoms with E-state index >= 15 is 0 Å². The Hall–Kier alpha value is -2.89. The summed E-state index contributed by atoms with van der Waals surface area (Å²) in [5.41, 5.74) is 10.2. The molecule has 0 fully saturated rings. The second-order valence-corrected chi connectivity index (χ2v) is 7.55. The number of nitrogens with one attached hydrogen (secondary N) is 2. The van der Waals surface area contributed by atoms with Crippen molar-refractivity contribution in [3.8, 4) is 11.3 Å². The number of carbonyl (C=O) groups excluding carboxylic acids is 1. The molecule has 5 nitrogen and oxygen atoms in total. The summed E-state index contributed by atoms with van der Waals surface area (Å²) in [7, 11) is 0. The molecule has 30 heavy (non-hydrogen) atoms. The molecule has 6 heteroatoms. The Balaban J connectivity index is 1.64. The van der Waals surface area contributed by atoms with Gasteiger partial charge in [0, 0.05) is 17.3 Å². The number of benzene rings is 2. The number of hydrogen-bond acceptors (Lipinski definition) is 4. The van der Waals surface area contributed by atoms with E-state index < -0.39 is 0 Å². The molecule has 1 aromatic heterocycles. The molecule has 0 unspecified atom stereocenters. The van der Waals surface area contributed by atoms with Gasteiger partial charge in [-0.2, -0.15) is 0 Å². The molecular weight excluding hydrogens is 396 g/mol. The van der Waals surface area contributed by atoms with E-state index in [9.17, 15) is 4.79 Å². The first-order valence-electron chi connectivity index (χ1n) is 10.2. The highest BCUT2D eigenvalue weighted by atomic mass is 35.5. The van der Waals surface area contributed by atoms with E-state index in [0.29, 0.717) is 27.7 Å². The molecule has 3 rings (SSSR count). The maximum absolute atomic E-state index is 12.5. The number of pyridine rings is 1. The number of nitrogens with zero attached hydrogens (tertiary/aromatic N) is 1. The van der Waals surface area contributed by atoms with Gasteiger partial charge in [0.15, 0.2) is 0 Å². The van der Waals surface area contributed by atoms with E-state index in [4.69, 9.17) is 17.3 Å². The van der Waals surface area contributed by atoms with E-state index in [-0.39, 0.29) is 5.91 Å². The molecule has 0 aliphatic carbocycles. The average molecular weight is 423 g/mol. The highest BCUT2D eigenvalue weighted by molar-refractivity contribution is 6.33. The lowest BCUT2D eigenvalue weighted by atomic mass is 10.1. The lowest BCUT2D eigenvalue weighted by Gasteiger charge is -2.10. The highest BCUT2D eigenvalue weighted by Gasteiger charge is 2.11. The van der Waals surface area contributed by atoms with Gasteiger partial charge in [0.1, 0.15) is 0 Å². The molecule has 0 saturated heterocycles. The number of amides is 1. The molecule has 156 valence electrons. The van der Waals surface area contributed by atoms with E-state index in [1.807, 2.05) is 36.5 Å². The third-order valence-electron chi connectivity index (χ3n) is 4.82. The van der Waals surface area contributed by atoms with Crippen molar-refractivity contribution in [1.29, 1.82) is 0 Å². The summed E-state index contributed by atoms with van der Waals surface area (Å²) in [5.74, 6) is -0.218. The quantitative estimate of drug-likeness (QED) is 0.328. The minimum absolute atomic E-state index is 0.218. The van der Waals surface area contributed by atoms with Gasteiger partial charge < -0.3 is 16.4 Å². The zero-order chi connectivity index (χ0) is 21.3. The first kappa shape index (κ1) is 21.8.